The van der Waals surface area contributed by atoms with Crippen molar-refractivity contribution in [2.45, 2.75) is 13.5 Å². The molecule has 4 nitrogen and oxygen atoms in total. The number of aryl methyl sites for hydroxylation is 1. The Bertz CT molecular complexity index is 501. The lowest BCUT2D eigenvalue weighted by Crippen LogP contribution is -2.22. The molecule has 2 heterocycles. The first-order valence-corrected chi connectivity index (χ1v) is 5.74. The van der Waals surface area contributed by atoms with Gasteiger partial charge >= 0.3 is 0 Å². The molecule has 2 aromatic heterocycles. The second-order valence-corrected chi connectivity index (χ2v) is 4.91. The Hall–Kier alpha value is -1.75. The second kappa shape index (κ2) is 4.40. The van der Waals surface area contributed by atoms with Gasteiger partial charge in [-0.1, -0.05) is 0 Å². The molecule has 0 fully saturated rings. The zero-order valence-corrected chi connectivity index (χ0v) is 9.73. The molecular formula is C11H13N3OS. The van der Waals surface area contributed by atoms with Crippen molar-refractivity contribution >= 4 is 22.9 Å². The van der Waals surface area contributed by atoms with E-state index in [1.54, 1.807) is 23.6 Å². The van der Waals surface area contributed by atoms with Crippen molar-refractivity contribution in [1.29, 1.82) is 0 Å². The highest BCUT2D eigenvalue weighted by atomic mass is 32.1. The number of nitrogen functional groups attached to an aromatic ring is 1. The molecule has 84 valence electrons. The van der Waals surface area contributed by atoms with Gasteiger partial charge in [-0.15, -0.1) is 11.3 Å². The molecule has 0 radical (unpaired) electrons. The second-order valence-electron chi connectivity index (χ2n) is 3.54. The molecule has 16 heavy (non-hydrogen) atoms. The predicted molar refractivity (Wildman–Crippen MR) is 65.4 cm³/mol. The van der Waals surface area contributed by atoms with Gasteiger partial charge in [0.25, 0.3) is 5.91 Å². The van der Waals surface area contributed by atoms with Crippen LogP contribution in [0.25, 0.3) is 0 Å². The van der Waals surface area contributed by atoms with Crippen LogP contribution in [0.4, 0.5) is 5.69 Å². The third-order valence-corrected chi connectivity index (χ3v) is 3.17. The van der Waals surface area contributed by atoms with Gasteiger partial charge in [0.1, 0.15) is 5.69 Å². The highest BCUT2D eigenvalue weighted by Gasteiger charge is 2.07. The summed E-state index contributed by atoms with van der Waals surface area (Å²) in [7, 11) is 0. The first-order chi connectivity index (χ1) is 7.65. The summed E-state index contributed by atoms with van der Waals surface area (Å²) in [5.74, 6) is -0.136. The van der Waals surface area contributed by atoms with Crippen molar-refractivity contribution in [3.05, 3.63) is 39.8 Å². The average molecular weight is 235 g/mol. The molecule has 4 N–H and O–H groups in total. The van der Waals surface area contributed by atoms with Crippen LogP contribution in [0.1, 0.15) is 20.2 Å². The summed E-state index contributed by atoms with van der Waals surface area (Å²) >= 11 is 1.68. The number of carbonyl (C=O) groups is 1. The molecule has 0 unspecified atom stereocenters. The van der Waals surface area contributed by atoms with Crippen LogP contribution in [-0.2, 0) is 6.54 Å². The maximum Gasteiger partial charge on any atom is 0.268 e. The lowest BCUT2D eigenvalue weighted by Gasteiger charge is -2.00. The van der Waals surface area contributed by atoms with Gasteiger partial charge in [0.2, 0.25) is 0 Å². The van der Waals surface area contributed by atoms with E-state index < -0.39 is 0 Å². The predicted octanol–water partition coefficient (Wildman–Crippen LogP) is 1.90. The number of rotatable bonds is 3. The van der Waals surface area contributed by atoms with E-state index in [4.69, 9.17) is 5.73 Å². The van der Waals surface area contributed by atoms with Gasteiger partial charge in [0.15, 0.2) is 0 Å². The van der Waals surface area contributed by atoms with Crippen LogP contribution in [0.2, 0.25) is 0 Å². The first-order valence-electron chi connectivity index (χ1n) is 4.92. The molecule has 0 saturated carbocycles. The van der Waals surface area contributed by atoms with Crippen LogP contribution < -0.4 is 11.1 Å². The van der Waals surface area contributed by atoms with Crippen LogP contribution in [0, 0.1) is 6.92 Å². The number of nitrogens with one attached hydrogen (secondary N) is 2. The highest BCUT2D eigenvalue weighted by Crippen LogP contribution is 2.14. The average Bonchev–Trinajstić information content (AvgIpc) is 2.84. The molecular weight excluding hydrogens is 222 g/mol. The maximum absolute atomic E-state index is 11.6. The summed E-state index contributed by atoms with van der Waals surface area (Å²) in [6, 6.07) is 5.68. The number of nitrogens with two attached hydrogens (primary N) is 1. The summed E-state index contributed by atoms with van der Waals surface area (Å²) in [5.41, 5.74) is 6.58. The van der Waals surface area contributed by atoms with E-state index in [9.17, 15) is 4.79 Å². The third-order valence-electron chi connectivity index (χ3n) is 2.17. The molecule has 1 amide bonds. The van der Waals surface area contributed by atoms with Crippen molar-refractivity contribution < 1.29 is 4.79 Å². The van der Waals surface area contributed by atoms with Crippen LogP contribution in [-0.4, -0.2) is 10.9 Å². The number of anilines is 1. The fraction of sp³-hybridized carbons (Fsp3) is 0.182. The SMILES string of the molecule is Cc1ccc(CNC(=O)c2cc(N)c[nH]2)s1. The molecule has 0 atom stereocenters. The molecule has 0 bridgehead atoms. The van der Waals surface area contributed by atoms with Crippen LogP contribution in [0.3, 0.4) is 0 Å². The standard InChI is InChI=1S/C11H13N3OS/c1-7-2-3-9(16-7)6-14-11(15)10-4-8(12)5-13-10/h2-5,13H,6,12H2,1H3,(H,14,15). The summed E-state index contributed by atoms with van der Waals surface area (Å²) in [6.07, 6.45) is 1.60. The molecule has 5 heteroatoms. The quantitative estimate of drug-likeness (QED) is 0.760. The highest BCUT2D eigenvalue weighted by molar-refractivity contribution is 7.11. The molecule has 0 aliphatic heterocycles. The van der Waals surface area contributed by atoms with Gasteiger partial charge in [-0.2, -0.15) is 0 Å². The van der Waals surface area contributed by atoms with Gasteiger partial charge in [0.05, 0.1) is 6.54 Å². The monoisotopic (exact) mass is 235 g/mol. The fourth-order valence-corrected chi connectivity index (χ4v) is 2.21. The normalized spacial score (nSPS) is 10.3. The Labute approximate surface area is 97.5 Å². The number of amides is 1. The zero-order chi connectivity index (χ0) is 11.5. The number of H-pyrrole nitrogens is 1. The van der Waals surface area contributed by atoms with Crippen molar-refractivity contribution in [2.24, 2.45) is 0 Å². The van der Waals surface area contributed by atoms with Crippen molar-refractivity contribution in [3.63, 3.8) is 0 Å². The smallest absolute Gasteiger partial charge is 0.268 e. The Kier molecular flexibility index (Phi) is 2.96. The number of carbonyl (C=O) groups excluding carboxylic acids is 1. The number of hydrogen-bond acceptors (Lipinski definition) is 3. The Morgan fingerprint density at radius 2 is 2.38 bits per heavy atom. The molecule has 0 aliphatic rings. The molecule has 0 aromatic carbocycles. The molecule has 0 saturated heterocycles. The van der Waals surface area contributed by atoms with E-state index >= 15 is 0 Å². The topological polar surface area (TPSA) is 70.9 Å². The van der Waals surface area contributed by atoms with Gasteiger partial charge in [-0.05, 0) is 25.1 Å². The lowest BCUT2D eigenvalue weighted by molar-refractivity contribution is 0.0947. The van der Waals surface area contributed by atoms with Crippen molar-refractivity contribution in [1.82, 2.24) is 10.3 Å². The Morgan fingerprint density at radius 1 is 1.56 bits per heavy atom. The number of aromatic amines is 1. The summed E-state index contributed by atoms with van der Waals surface area (Å²) in [4.78, 5) is 16.8. The van der Waals surface area contributed by atoms with E-state index in [0.29, 0.717) is 17.9 Å². The van der Waals surface area contributed by atoms with Crippen molar-refractivity contribution in [3.8, 4) is 0 Å². The van der Waals surface area contributed by atoms with Crippen LogP contribution >= 0.6 is 11.3 Å². The lowest BCUT2D eigenvalue weighted by atomic mass is 10.3. The maximum atomic E-state index is 11.6. The van der Waals surface area contributed by atoms with E-state index in [1.807, 2.05) is 19.1 Å². The third kappa shape index (κ3) is 2.43. The summed E-state index contributed by atoms with van der Waals surface area (Å²) in [5, 5.41) is 2.83. The molecule has 2 rings (SSSR count). The van der Waals surface area contributed by atoms with Gasteiger partial charge in [-0.3, -0.25) is 4.79 Å². The minimum absolute atomic E-state index is 0.136. The zero-order valence-electron chi connectivity index (χ0n) is 8.91. The largest absolute Gasteiger partial charge is 0.397 e. The molecule has 2 aromatic rings. The number of thiophene rings is 1. The van der Waals surface area contributed by atoms with E-state index in [0.717, 1.165) is 4.88 Å². The van der Waals surface area contributed by atoms with E-state index in [1.165, 1.54) is 4.88 Å². The van der Waals surface area contributed by atoms with Crippen LogP contribution in [0.15, 0.2) is 24.4 Å². The van der Waals surface area contributed by atoms with Crippen LogP contribution in [0.5, 0.6) is 0 Å². The fourth-order valence-electron chi connectivity index (χ4n) is 1.38. The van der Waals surface area contributed by atoms with Gasteiger partial charge in [0, 0.05) is 21.6 Å². The summed E-state index contributed by atoms with van der Waals surface area (Å²) in [6.45, 7) is 2.60. The number of hydrogen-bond donors (Lipinski definition) is 3. The molecule has 0 aliphatic carbocycles. The summed E-state index contributed by atoms with van der Waals surface area (Å²) < 4.78 is 0. The molecule has 0 spiro atoms. The van der Waals surface area contributed by atoms with E-state index in [2.05, 4.69) is 10.3 Å². The van der Waals surface area contributed by atoms with Gasteiger partial charge in [-0.25, -0.2) is 0 Å². The minimum atomic E-state index is -0.136. The minimum Gasteiger partial charge on any atom is -0.397 e. The van der Waals surface area contributed by atoms with Gasteiger partial charge < -0.3 is 16.0 Å². The Balaban J connectivity index is 1.93. The van der Waals surface area contributed by atoms with E-state index in [-0.39, 0.29) is 5.91 Å². The number of aromatic nitrogens is 1. The first kappa shape index (κ1) is 10.8. The Morgan fingerprint density at radius 3 is 2.94 bits per heavy atom. The van der Waals surface area contributed by atoms with Crippen molar-refractivity contribution in [2.75, 3.05) is 5.73 Å².